The van der Waals surface area contributed by atoms with E-state index in [1.807, 2.05) is 61.5 Å². The van der Waals surface area contributed by atoms with Gasteiger partial charge in [0.15, 0.2) is 5.11 Å². The summed E-state index contributed by atoms with van der Waals surface area (Å²) < 4.78 is 6.15. The summed E-state index contributed by atoms with van der Waals surface area (Å²) in [6, 6.07) is 19.7. The molecule has 0 saturated carbocycles. The number of amides is 2. The number of aryl methyl sites for hydroxylation is 1. The van der Waals surface area contributed by atoms with Crippen molar-refractivity contribution in [3.63, 3.8) is 0 Å². The molecule has 2 amide bonds. The molecule has 1 aliphatic rings. The molecule has 3 aromatic rings. The Bertz CT molecular complexity index is 1280. The summed E-state index contributed by atoms with van der Waals surface area (Å²) in [6.45, 7) is 6.26. The maximum Gasteiger partial charge on any atom is 0.265 e. The third-order valence-electron chi connectivity index (χ3n) is 5.19. The van der Waals surface area contributed by atoms with Gasteiger partial charge in [0, 0.05) is 12.1 Å². The van der Waals surface area contributed by atoms with E-state index < -0.39 is 11.8 Å². The summed E-state index contributed by atoms with van der Waals surface area (Å²) >= 11 is 5.15. The molecule has 5 nitrogen and oxygen atoms in total. The van der Waals surface area contributed by atoms with Gasteiger partial charge in [-0.3, -0.25) is 19.8 Å². The fourth-order valence-electron chi connectivity index (χ4n) is 3.65. The molecular weight excluding hydrogens is 420 g/mol. The normalized spacial score (nSPS) is 15.2. The summed E-state index contributed by atoms with van der Waals surface area (Å²) in [5.41, 5.74) is 2.85. The highest BCUT2D eigenvalue weighted by Crippen LogP contribution is 2.31. The van der Waals surface area contributed by atoms with Crippen LogP contribution in [0.15, 0.2) is 78.9 Å². The molecule has 0 unspecified atom stereocenters. The van der Waals surface area contributed by atoms with Gasteiger partial charge in [0.2, 0.25) is 0 Å². The Morgan fingerprint density at radius 1 is 1.09 bits per heavy atom. The van der Waals surface area contributed by atoms with Crippen LogP contribution < -0.4 is 10.1 Å². The predicted molar refractivity (Wildman–Crippen MR) is 130 cm³/mol. The van der Waals surface area contributed by atoms with Crippen molar-refractivity contribution >= 4 is 46.0 Å². The third-order valence-corrected chi connectivity index (χ3v) is 5.52. The van der Waals surface area contributed by atoms with Gasteiger partial charge in [0.25, 0.3) is 11.8 Å². The molecule has 1 heterocycles. The topological polar surface area (TPSA) is 58.6 Å². The molecule has 0 spiro atoms. The highest BCUT2D eigenvalue weighted by Gasteiger charge is 2.33. The van der Waals surface area contributed by atoms with Gasteiger partial charge in [-0.1, -0.05) is 66.2 Å². The average molecular weight is 443 g/mol. The molecule has 4 rings (SSSR count). The first kappa shape index (κ1) is 21.5. The van der Waals surface area contributed by atoms with Crippen LogP contribution in [-0.4, -0.2) is 28.4 Å². The first-order chi connectivity index (χ1) is 15.5. The molecule has 1 saturated heterocycles. The highest BCUT2D eigenvalue weighted by atomic mass is 32.1. The van der Waals surface area contributed by atoms with Crippen LogP contribution in [0.5, 0.6) is 5.75 Å². The van der Waals surface area contributed by atoms with Crippen LogP contribution >= 0.6 is 12.2 Å². The van der Waals surface area contributed by atoms with Gasteiger partial charge in [-0.2, -0.15) is 0 Å². The van der Waals surface area contributed by atoms with E-state index >= 15 is 0 Å². The summed E-state index contributed by atoms with van der Waals surface area (Å²) in [5.74, 6) is -0.407. The summed E-state index contributed by atoms with van der Waals surface area (Å²) in [5, 5.41) is 4.52. The van der Waals surface area contributed by atoms with E-state index in [0.717, 1.165) is 21.9 Å². The third kappa shape index (κ3) is 4.31. The zero-order chi connectivity index (χ0) is 22.7. The lowest BCUT2D eigenvalue weighted by molar-refractivity contribution is -0.128. The van der Waals surface area contributed by atoms with Gasteiger partial charge in [-0.25, -0.2) is 0 Å². The maximum absolute atomic E-state index is 13.0. The summed E-state index contributed by atoms with van der Waals surface area (Å²) in [7, 11) is 0. The second-order valence-electron chi connectivity index (χ2n) is 7.50. The standard InChI is InChI=1S/C26H22N2O3S/c1-3-13-28-25(30)22(24(29)27-26(28)32)15-21-20-10-5-4-9-19(20)11-12-23(21)31-16-18-8-6-7-17(2)14-18/h3-12,14-15H,1,13,16H2,2H3,(H,27,29,32)/b22-15+. The zero-order valence-electron chi connectivity index (χ0n) is 17.6. The minimum Gasteiger partial charge on any atom is -0.488 e. The maximum atomic E-state index is 13.0. The van der Waals surface area contributed by atoms with Gasteiger partial charge >= 0.3 is 0 Å². The Balaban J connectivity index is 1.78. The number of carbonyl (C=O) groups is 2. The monoisotopic (exact) mass is 442 g/mol. The molecule has 0 atom stereocenters. The van der Waals surface area contributed by atoms with E-state index in [0.29, 0.717) is 17.9 Å². The van der Waals surface area contributed by atoms with Gasteiger partial charge in [-0.05, 0) is 47.6 Å². The van der Waals surface area contributed by atoms with Crippen LogP contribution in [0.3, 0.4) is 0 Å². The molecule has 0 aliphatic carbocycles. The number of carbonyl (C=O) groups excluding carboxylic acids is 2. The first-order valence-electron chi connectivity index (χ1n) is 10.2. The molecule has 0 bridgehead atoms. The van der Waals surface area contributed by atoms with Crippen molar-refractivity contribution in [2.75, 3.05) is 6.54 Å². The number of rotatable bonds is 6. The number of hydrogen-bond donors (Lipinski definition) is 1. The van der Waals surface area contributed by atoms with Gasteiger partial charge in [0.1, 0.15) is 17.9 Å². The lowest BCUT2D eigenvalue weighted by Gasteiger charge is -2.28. The van der Waals surface area contributed by atoms with Crippen LogP contribution in [0, 0.1) is 6.92 Å². The largest absolute Gasteiger partial charge is 0.488 e. The number of fused-ring (bicyclic) bond motifs is 1. The fraction of sp³-hybridized carbons (Fsp3) is 0.115. The predicted octanol–water partition coefficient (Wildman–Crippen LogP) is 4.54. The Morgan fingerprint density at radius 2 is 1.91 bits per heavy atom. The van der Waals surface area contributed by atoms with Crippen LogP contribution in [0.25, 0.3) is 16.8 Å². The van der Waals surface area contributed by atoms with Crippen LogP contribution in [-0.2, 0) is 16.2 Å². The molecular formula is C26H22N2O3S. The van der Waals surface area contributed by atoms with E-state index in [1.165, 1.54) is 4.90 Å². The number of benzene rings is 3. The lowest BCUT2D eigenvalue weighted by Crippen LogP contribution is -2.53. The van der Waals surface area contributed by atoms with E-state index in [1.54, 1.807) is 12.2 Å². The molecule has 160 valence electrons. The van der Waals surface area contributed by atoms with Crippen molar-refractivity contribution in [3.8, 4) is 5.75 Å². The number of thiocarbonyl (C=S) groups is 1. The Kier molecular flexibility index (Phi) is 6.14. The van der Waals surface area contributed by atoms with E-state index in [2.05, 4.69) is 18.0 Å². The second kappa shape index (κ2) is 9.16. The molecule has 0 aromatic heterocycles. The molecule has 1 aliphatic heterocycles. The van der Waals surface area contributed by atoms with Crippen molar-refractivity contribution < 1.29 is 14.3 Å². The van der Waals surface area contributed by atoms with Crippen molar-refractivity contribution in [2.24, 2.45) is 0 Å². The first-order valence-corrected chi connectivity index (χ1v) is 10.6. The van der Waals surface area contributed by atoms with E-state index in [9.17, 15) is 9.59 Å². The van der Waals surface area contributed by atoms with Crippen molar-refractivity contribution in [2.45, 2.75) is 13.5 Å². The van der Waals surface area contributed by atoms with E-state index in [-0.39, 0.29) is 17.2 Å². The lowest BCUT2D eigenvalue weighted by atomic mass is 10.00. The van der Waals surface area contributed by atoms with Crippen LogP contribution in [0.2, 0.25) is 0 Å². The minimum atomic E-state index is -0.530. The summed E-state index contributed by atoms with van der Waals surface area (Å²) in [4.78, 5) is 27.0. The number of hydrogen-bond acceptors (Lipinski definition) is 4. The average Bonchev–Trinajstić information content (AvgIpc) is 2.78. The number of ether oxygens (including phenoxy) is 1. The SMILES string of the molecule is C=CCN1C(=O)/C(=C/c2c(OCc3cccc(C)c3)ccc3ccccc23)C(=O)NC1=S. The molecule has 3 aromatic carbocycles. The Labute approximate surface area is 192 Å². The molecule has 0 radical (unpaired) electrons. The molecule has 1 fully saturated rings. The van der Waals surface area contributed by atoms with Crippen molar-refractivity contribution in [1.82, 2.24) is 10.2 Å². The minimum absolute atomic E-state index is 0.00258. The van der Waals surface area contributed by atoms with Crippen molar-refractivity contribution in [1.29, 1.82) is 0 Å². The quantitative estimate of drug-likeness (QED) is 0.264. The van der Waals surface area contributed by atoms with Crippen molar-refractivity contribution in [3.05, 3.63) is 95.6 Å². The van der Waals surface area contributed by atoms with Crippen LogP contribution in [0.4, 0.5) is 0 Å². The fourth-order valence-corrected chi connectivity index (χ4v) is 3.90. The second-order valence-corrected chi connectivity index (χ2v) is 7.88. The van der Waals surface area contributed by atoms with Gasteiger partial charge in [-0.15, -0.1) is 6.58 Å². The number of nitrogens with zero attached hydrogens (tertiary/aromatic N) is 1. The van der Waals surface area contributed by atoms with Crippen LogP contribution in [0.1, 0.15) is 16.7 Å². The Hall–Kier alpha value is -3.77. The van der Waals surface area contributed by atoms with Gasteiger partial charge in [0.05, 0.1) is 0 Å². The number of nitrogens with one attached hydrogen (secondary N) is 1. The highest BCUT2D eigenvalue weighted by molar-refractivity contribution is 7.80. The molecule has 32 heavy (non-hydrogen) atoms. The Morgan fingerprint density at radius 3 is 2.69 bits per heavy atom. The van der Waals surface area contributed by atoms with E-state index in [4.69, 9.17) is 17.0 Å². The zero-order valence-corrected chi connectivity index (χ0v) is 18.4. The summed E-state index contributed by atoms with van der Waals surface area (Å²) in [6.07, 6.45) is 3.15. The molecule has 1 N–H and O–H groups in total. The molecule has 6 heteroatoms. The smallest absolute Gasteiger partial charge is 0.265 e. The van der Waals surface area contributed by atoms with Gasteiger partial charge < -0.3 is 4.74 Å².